The van der Waals surface area contributed by atoms with Crippen LogP contribution in [-0.4, -0.2) is 39.0 Å². The second kappa shape index (κ2) is 10.5. The fourth-order valence-electron chi connectivity index (χ4n) is 3.83. The second-order valence-corrected chi connectivity index (χ2v) is 11.9. The van der Waals surface area contributed by atoms with Crippen molar-refractivity contribution in [2.75, 3.05) is 7.11 Å². The molecule has 37 heavy (non-hydrogen) atoms. The zero-order valence-corrected chi connectivity index (χ0v) is 22.7. The highest BCUT2D eigenvalue weighted by atomic mass is 31.2. The first-order valence-electron chi connectivity index (χ1n) is 11.6. The molecule has 0 radical (unpaired) electrons. The van der Waals surface area contributed by atoms with Gasteiger partial charge in [0.15, 0.2) is 0 Å². The number of ether oxygens (including phenoxy) is 1. The predicted molar refractivity (Wildman–Crippen MR) is 131 cm³/mol. The quantitative estimate of drug-likeness (QED) is 0.356. The smallest absolute Gasteiger partial charge is 0.402 e. The van der Waals surface area contributed by atoms with Crippen LogP contribution in [0.2, 0.25) is 0 Å². The number of H-pyrrole nitrogens is 1. The van der Waals surface area contributed by atoms with Crippen LogP contribution in [-0.2, 0) is 37.8 Å². The summed E-state index contributed by atoms with van der Waals surface area (Å²) in [5.74, 6) is -4.37. The fourth-order valence-corrected chi connectivity index (χ4v) is 4.90. The van der Waals surface area contributed by atoms with Crippen LogP contribution in [0, 0.1) is 11.6 Å². The van der Waals surface area contributed by atoms with Crippen LogP contribution in [0.25, 0.3) is 0 Å². The maximum atomic E-state index is 15.4. The molecule has 2 aromatic rings. The highest BCUT2D eigenvalue weighted by Gasteiger charge is 2.44. The molecule has 1 aliphatic rings. The molecule has 0 amide bonds. The predicted octanol–water partition coefficient (Wildman–Crippen LogP) is 3.31. The molecule has 0 saturated carbocycles. The van der Waals surface area contributed by atoms with Gasteiger partial charge in [-0.15, -0.1) is 0 Å². The molecule has 2 atom stereocenters. The van der Waals surface area contributed by atoms with Crippen molar-refractivity contribution in [3.63, 3.8) is 0 Å². The number of aliphatic hydroxyl groups is 2. The first-order chi connectivity index (χ1) is 17.0. The van der Waals surface area contributed by atoms with E-state index in [1.807, 2.05) is 46.5 Å². The molecular formula is C24H33F2N2O8P. The maximum Gasteiger partial charge on any atom is 0.402 e. The van der Waals surface area contributed by atoms with E-state index in [1.165, 1.54) is 7.11 Å². The highest BCUT2D eigenvalue weighted by Crippen LogP contribution is 2.54. The van der Waals surface area contributed by atoms with Gasteiger partial charge in [-0.2, -0.15) is 4.39 Å². The molecule has 1 aromatic heterocycles. The zero-order chi connectivity index (χ0) is 27.9. The van der Waals surface area contributed by atoms with E-state index in [9.17, 15) is 24.2 Å². The molecule has 2 unspecified atom stereocenters. The number of hydrogen-bond acceptors (Lipinski definition) is 8. The average molecular weight is 547 g/mol. The van der Waals surface area contributed by atoms with Crippen LogP contribution in [0.15, 0.2) is 21.9 Å². The van der Waals surface area contributed by atoms with E-state index in [0.717, 1.165) is 4.57 Å². The number of aromatic amines is 1. The lowest BCUT2D eigenvalue weighted by molar-refractivity contribution is -0.345. The van der Waals surface area contributed by atoms with Crippen molar-refractivity contribution in [2.24, 2.45) is 0 Å². The van der Waals surface area contributed by atoms with Gasteiger partial charge in [-0.05, 0) is 28.9 Å². The highest BCUT2D eigenvalue weighted by molar-refractivity contribution is 7.42. The van der Waals surface area contributed by atoms with Crippen LogP contribution in [0.3, 0.4) is 0 Å². The van der Waals surface area contributed by atoms with Crippen LogP contribution < -0.4 is 15.8 Å². The van der Waals surface area contributed by atoms with E-state index in [1.54, 1.807) is 6.07 Å². The van der Waals surface area contributed by atoms with Crippen LogP contribution >= 0.6 is 8.60 Å². The van der Waals surface area contributed by atoms with E-state index < -0.39 is 54.4 Å². The number of methoxy groups -OCH3 is 1. The largest absolute Gasteiger partial charge is 0.426 e. The average Bonchev–Trinajstić information content (AvgIpc) is 2.75. The SMILES string of the molecule is COC(CCn1cc(F)c(=O)[nH]c1=O)C(O)(O)OP1OCc2c(F)c(C(C)(C)C)cc(C(C)(C)C)c2O1. The van der Waals surface area contributed by atoms with Gasteiger partial charge in [0.25, 0.3) is 5.56 Å². The molecule has 2 heterocycles. The number of hydrogen-bond donors (Lipinski definition) is 3. The third-order valence-corrected chi connectivity index (χ3v) is 7.01. The van der Waals surface area contributed by atoms with Crippen molar-refractivity contribution < 1.29 is 37.3 Å². The standard InChI is InChI=1S/C24H33F2N2O8P/c1-22(2,3)14-10-15(23(4,5)6)19-13(18(14)26)12-34-37(35-19)36-24(31,32)17(33-7)8-9-28-11-16(25)20(29)27-21(28)30/h10-11,17,31-32H,8-9,12H2,1-7H3,(H,27,29,30). The van der Waals surface area contributed by atoms with Gasteiger partial charge in [0.1, 0.15) is 17.7 Å². The van der Waals surface area contributed by atoms with E-state index in [2.05, 4.69) is 0 Å². The number of aromatic nitrogens is 2. The zero-order valence-electron chi connectivity index (χ0n) is 21.8. The monoisotopic (exact) mass is 546 g/mol. The first-order valence-corrected chi connectivity index (χ1v) is 12.7. The Bertz CT molecular complexity index is 1260. The van der Waals surface area contributed by atoms with Crippen LogP contribution in [0.1, 0.15) is 64.7 Å². The number of benzene rings is 1. The Balaban J connectivity index is 1.83. The Kier molecular flexibility index (Phi) is 8.34. The third kappa shape index (κ3) is 6.45. The molecular weight excluding hydrogens is 513 g/mol. The van der Waals surface area contributed by atoms with Gasteiger partial charge in [0, 0.05) is 19.2 Å². The summed E-state index contributed by atoms with van der Waals surface area (Å²) < 4.78 is 51.6. The lowest BCUT2D eigenvalue weighted by Crippen LogP contribution is -2.46. The minimum atomic E-state index is -2.95. The van der Waals surface area contributed by atoms with Crippen LogP contribution in [0.4, 0.5) is 8.78 Å². The van der Waals surface area contributed by atoms with Gasteiger partial charge in [-0.3, -0.25) is 18.9 Å². The minimum Gasteiger partial charge on any atom is -0.426 e. The minimum absolute atomic E-state index is 0.212. The number of nitrogens with one attached hydrogen (secondary N) is 1. The van der Waals surface area contributed by atoms with Crippen molar-refractivity contribution in [3.05, 3.63) is 61.4 Å². The summed E-state index contributed by atoms with van der Waals surface area (Å²) >= 11 is 0. The molecule has 3 N–H and O–H groups in total. The Labute approximate surface area is 214 Å². The summed E-state index contributed by atoms with van der Waals surface area (Å²) in [5, 5.41) is 21.3. The van der Waals surface area contributed by atoms with Crippen molar-refractivity contribution in [3.8, 4) is 5.75 Å². The molecule has 3 rings (SSSR count). The molecule has 1 aliphatic heterocycles. The van der Waals surface area contributed by atoms with Crippen molar-refractivity contribution in [2.45, 2.75) is 84.0 Å². The van der Waals surface area contributed by atoms with Gasteiger partial charge in [-0.1, -0.05) is 41.5 Å². The first kappa shape index (κ1) is 29.3. The molecule has 0 bridgehead atoms. The molecule has 13 heteroatoms. The topological polar surface area (TPSA) is 132 Å². The molecule has 0 aliphatic carbocycles. The van der Waals surface area contributed by atoms with Crippen molar-refractivity contribution in [1.82, 2.24) is 9.55 Å². The Morgan fingerprint density at radius 1 is 1.14 bits per heavy atom. The van der Waals surface area contributed by atoms with E-state index in [-0.39, 0.29) is 30.9 Å². The Hall–Kier alpha value is -2.21. The fraction of sp³-hybridized carbons (Fsp3) is 0.583. The summed E-state index contributed by atoms with van der Waals surface area (Å²) in [7, 11) is -1.22. The summed E-state index contributed by atoms with van der Waals surface area (Å²) in [6.07, 6.45) is -0.966. The van der Waals surface area contributed by atoms with Gasteiger partial charge in [-0.25, -0.2) is 13.7 Å². The molecule has 10 nitrogen and oxygen atoms in total. The number of rotatable bonds is 7. The number of fused-ring (bicyclic) bond motifs is 1. The lowest BCUT2D eigenvalue weighted by Gasteiger charge is -2.36. The van der Waals surface area contributed by atoms with E-state index >= 15 is 4.39 Å². The second-order valence-electron chi connectivity index (χ2n) is 10.9. The molecule has 0 spiro atoms. The van der Waals surface area contributed by atoms with Crippen LogP contribution in [0.5, 0.6) is 5.75 Å². The molecule has 0 saturated heterocycles. The van der Waals surface area contributed by atoms with Gasteiger partial charge in [0.05, 0.1) is 18.4 Å². The molecule has 206 valence electrons. The van der Waals surface area contributed by atoms with Gasteiger partial charge < -0.3 is 19.5 Å². The molecule has 1 aromatic carbocycles. The third-order valence-electron chi connectivity index (χ3n) is 5.92. The summed E-state index contributed by atoms with van der Waals surface area (Å²) in [4.78, 5) is 24.9. The normalized spacial score (nSPS) is 17.3. The Morgan fingerprint density at radius 3 is 2.32 bits per heavy atom. The summed E-state index contributed by atoms with van der Waals surface area (Å²) in [5.41, 5.74) is -1.55. The van der Waals surface area contributed by atoms with E-state index in [0.29, 0.717) is 17.3 Å². The van der Waals surface area contributed by atoms with E-state index in [4.69, 9.17) is 18.3 Å². The number of nitrogens with zero attached hydrogens (tertiary/aromatic N) is 1. The van der Waals surface area contributed by atoms with Crippen molar-refractivity contribution in [1.29, 1.82) is 0 Å². The van der Waals surface area contributed by atoms with Gasteiger partial charge in [0.2, 0.25) is 5.82 Å². The van der Waals surface area contributed by atoms with Crippen molar-refractivity contribution >= 4 is 8.60 Å². The Morgan fingerprint density at radius 2 is 1.76 bits per heavy atom. The number of halogens is 2. The number of aryl methyl sites for hydroxylation is 1. The summed E-state index contributed by atoms with van der Waals surface area (Å²) in [6.45, 7) is 11.1. The van der Waals surface area contributed by atoms with Gasteiger partial charge >= 0.3 is 20.3 Å². The maximum absolute atomic E-state index is 15.4. The summed E-state index contributed by atoms with van der Waals surface area (Å²) in [6, 6.07) is 1.75. The molecule has 0 fully saturated rings. The lowest BCUT2D eigenvalue weighted by atomic mass is 9.78.